The highest BCUT2D eigenvalue weighted by Gasteiger charge is 2.09. The lowest BCUT2D eigenvalue weighted by molar-refractivity contribution is -0.0290. The van der Waals surface area contributed by atoms with E-state index in [4.69, 9.17) is 14.2 Å². The Balaban J connectivity index is 1.58. The minimum atomic E-state index is 0.154. The van der Waals surface area contributed by atoms with E-state index in [9.17, 15) is 0 Å². The van der Waals surface area contributed by atoms with E-state index in [2.05, 4.69) is 51.3 Å². The van der Waals surface area contributed by atoms with Crippen molar-refractivity contribution in [2.24, 2.45) is 0 Å². The molecule has 0 spiro atoms. The molecule has 29 heavy (non-hydrogen) atoms. The molecular formula is C26H34O3. The second kappa shape index (κ2) is 13.1. The molecule has 0 radical (unpaired) electrons. The van der Waals surface area contributed by atoms with Gasteiger partial charge in [-0.15, -0.1) is 0 Å². The topological polar surface area (TPSA) is 27.7 Å². The van der Waals surface area contributed by atoms with Crippen molar-refractivity contribution in [2.45, 2.75) is 52.1 Å². The fraction of sp³-hybridized carbons (Fsp3) is 0.385. The maximum atomic E-state index is 6.05. The smallest absolute Gasteiger partial charge is 0.0722 e. The molecule has 2 atom stereocenters. The molecule has 0 aromatic heterocycles. The molecule has 0 amide bonds. The summed E-state index contributed by atoms with van der Waals surface area (Å²) in [7, 11) is 0. The van der Waals surface area contributed by atoms with Gasteiger partial charge in [-0.1, -0.05) is 73.8 Å². The van der Waals surface area contributed by atoms with Gasteiger partial charge in [0.1, 0.15) is 0 Å². The van der Waals surface area contributed by atoms with Gasteiger partial charge < -0.3 is 14.2 Å². The van der Waals surface area contributed by atoms with Crippen LogP contribution in [0, 0.1) is 0 Å². The first-order valence-corrected chi connectivity index (χ1v) is 10.4. The number of ether oxygens (including phenoxy) is 3. The van der Waals surface area contributed by atoms with Crippen molar-refractivity contribution in [3.63, 3.8) is 0 Å². The summed E-state index contributed by atoms with van der Waals surface area (Å²) < 4.78 is 17.7. The summed E-state index contributed by atoms with van der Waals surface area (Å²) in [6.45, 7) is 14.4. The Bertz CT molecular complexity index is 690. The minimum Gasteiger partial charge on any atom is -0.377 e. The fourth-order valence-corrected chi connectivity index (χ4v) is 3.13. The summed E-state index contributed by atoms with van der Waals surface area (Å²) in [6.07, 6.45) is 5.78. The molecule has 2 aromatic rings. The van der Waals surface area contributed by atoms with Crippen LogP contribution >= 0.6 is 0 Å². The maximum absolute atomic E-state index is 6.05. The van der Waals surface area contributed by atoms with Crippen LogP contribution in [0.5, 0.6) is 0 Å². The largest absolute Gasteiger partial charge is 0.377 e. The van der Waals surface area contributed by atoms with Gasteiger partial charge in [0.05, 0.1) is 25.4 Å². The van der Waals surface area contributed by atoms with E-state index in [0.29, 0.717) is 26.4 Å². The summed E-state index contributed by atoms with van der Waals surface area (Å²) in [4.78, 5) is 0. The third-order valence-electron chi connectivity index (χ3n) is 4.87. The van der Waals surface area contributed by atoms with Gasteiger partial charge in [0.2, 0.25) is 0 Å². The van der Waals surface area contributed by atoms with Crippen molar-refractivity contribution in [1.29, 1.82) is 0 Å². The monoisotopic (exact) mass is 394 g/mol. The van der Waals surface area contributed by atoms with Crippen LogP contribution in [-0.4, -0.2) is 25.4 Å². The van der Waals surface area contributed by atoms with Crippen LogP contribution < -0.4 is 0 Å². The number of benzene rings is 2. The molecule has 156 valence electrons. The Kier molecular flexibility index (Phi) is 10.4. The molecule has 0 fully saturated rings. The summed E-state index contributed by atoms with van der Waals surface area (Å²) in [5.41, 5.74) is 4.58. The van der Waals surface area contributed by atoms with Crippen molar-refractivity contribution < 1.29 is 14.2 Å². The van der Waals surface area contributed by atoms with Crippen molar-refractivity contribution >= 4 is 12.2 Å². The van der Waals surface area contributed by atoms with E-state index in [1.807, 2.05) is 36.4 Å². The third kappa shape index (κ3) is 8.36. The Hall–Kier alpha value is -2.20. The zero-order valence-corrected chi connectivity index (χ0v) is 17.8. The molecular weight excluding hydrogens is 360 g/mol. The number of hydrogen-bond acceptors (Lipinski definition) is 3. The molecule has 0 aliphatic heterocycles. The standard InChI is InChI=1S/C26H34O3/c1-5-23-11-7-9-13-25(23)19-27-17-15-21(3)29-22(4)16-18-28-20-26-14-10-8-12-24(26)6-2/h5-14,21-22H,1-2,15-20H2,3-4H3. The number of rotatable bonds is 14. The van der Waals surface area contributed by atoms with Gasteiger partial charge in [-0.25, -0.2) is 0 Å². The van der Waals surface area contributed by atoms with Gasteiger partial charge in [-0.2, -0.15) is 0 Å². The Labute approximate surface area is 176 Å². The molecule has 3 heteroatoms. The van der Waals surface area contributed by atoms with Gasteiger partial charge >= 0.3 is 0 Å². The Morgan fingerprint density at radius 3 is 1.55 bits per heavy atom. The van der Waals surface area contributed by atoms with E-state index in [-0.39, 0.29) is 12.2 Å². The Morgan fingerprint density at radius 1 is 0.724 bits per heavy atom. The third-order valence-corrected chi connectivity index (χ3v) is 4.87. The van der Waals surface area contributed by atoms with Crippen LogP contribution in [0.3, 0.4) is 0 Å². The second-order valence-corrected chi connectivity index (χ2v) is 7.25. The fourth-order valence-electron chi connectivity index (χ4n) is 3.13. The van der Waals surface area contributed by atoms with Crippen LogP contribution in [0.15, 0.2) is 61.7 Å². The predicted octanol–water partition coefficient (Wildman–Crippen LogP) is 6.28. The quantitative estimate of drug-likeness (QED) is 0.353. The van der Waals surface area contributed by atoms with Crippen molar-refractivity contribution in [3.8, 4) is 0 Å². The van der Waals surface area contributed by atoms with Crippen LogP contribution in [0.4, 0.5) is 0 Å². The molecule has 3 nitrogen and oxygen atoms in total. The summed E-state index contributed by atoms with van der Waals surface area (Å²) >= 11 is 0. The predicted molar refractivity (Wildman–Crippen MR) is 122 cm³/mol. The van der Waals surface area contributed by atoms with Crippen LogP contribution in [0.1, 0.15) is 48.9 Å². The lowest BCUT2D eigenvalue weighted by Gasteiger charge is -2.19. The van der Waals surface area contributed by atoms with Gasteiger partial charge in [0.25, 0.3) is 0 Å². The molecule has 0 bridgehead atoms. The first-order chi connectivity index (χ1) is 14.1. The van der Waals surface area contributed by atoms with E-state index in [1.165, 1.54) is 11.1 Å². The first kappa shape index (κ1) is 23.1. The van der Waals surface area contributed by atoms with Gasteiger partial charge in [-0.05, 0) is 48.9 Å². The normalized spacial score (nSPS) is 13.0. The summed E-state index contributed by atoms with van der Waals surface area (Å²) in [6, 6.07) is 16.3. The van der Waals surface area contributed by atoms with Crippen LogP contribution in [0.25, 0.3) is 12.2 Å². The van der Waals surface area contributed by atoms with Gasteiger partial charge in [0.15, 0.2) is 0 Å². The second-order valence-electron chi connectivity index (χ2n) is 7.25. The zero-order valence-electron chi connectivity index (χ0n) is 17.8. The number of hydrogen-bond donors (Lipinski definition) is 0. The molecule has 0 N–H and O–H groups in total. The molecule has 0 aliphatic rings. The molecule has 2 aromatic carbocycles. The Morgan fingerprint density at radius 2 is 1.14 bits per heavy atom. The van der Waals surface area contributed by atoms with Crippen LogP contribution in [0.2, 0.25) is 0 Å². The average Bonchev–Trinajstić information content (AvgIpc) is 2.74. The highest BCUT2D eigenvalue weighted by Crippen LogP contribution is 2.14. The summed E-state index contributed by atoms with van der Waals surface area (Å²) in [5, 5.41) is 0. The molecule has 0 heterocycles. The average molecular weight is 395 g/mol. The van der Waals surface area contributed by atoms with Crippen molar-refractivity contribution in [1.82, 2.24) is 0 Å². The minimum absolute atomic E-state index is 0.154. The van der Waals surface area contributed by atoms with Crippen molar-refractivity contribution in [3.05, 3.63) is 83.9 Å². The molecule has 0 saturated heterocycles. The molecule has 2 rings (SSSR count). The van der Waals surface area contributed by atoms with Crippen molar-refractivity contribution in [2.75, 3.05) is 13.2 Å². The highest BCUT2D eigenvalue weighted by molar-refractivity contribution is 5.52. The molecule has 2 unspecified atom stereocenters. The van der Waals surface area contributed by atoms with E-state index < -0.39 is 0 Å². The van der Waals surface area contributed by atoms with E-state index in [0.717, 1.165) is 24.0 Å². The van der Waals surface area contributed by atoms with Gasteiger partial charge in [-0.3, -0.25) is 0 Å². The van der Waals surface area contributed by atoms with Gasteiger partial charge in [0, 0.05) is 13.2 Å². The highest BCUT2D eigenvalue weighted by atomic mass is 16.5. The van der Waals surface area contributed by atoms with E-state index in [1.54, 1.807) is 0 Å². The van der Waals surface area contributed by atoms with Crippen LogP contribution in [-0.2, 0) is 27.4 Å². The lowest BCUT2D eigenvalue weighted by Crippen LogP contribution is -2.20. The maximum Gasteiger partial charge on any atom is 0.0722 e. The zero-order chi connectivity index (χ0) is 20.9. The first-order valence-electron chi connectivity index (χ1n) is 10.4. The molecule has 0 aliphatic carbocycles. The van der Waals surface area contributed by atoms with E-state index >= 15 is 0 Å². The summed E-state index contributed by atoms with van der Waals surface area (Å²) in [5.74, 6) is 0. The SMILES string of the molecule is C=Cc1ccccc1COCCC(C)OC(C)CCOCc1ccccc1C=C. The molecule has 0 saturated carbocycles. The lowest BCUT2D eigenvalue weighted by atomic mass is 10.1.